The van der Waals surface area contributed by atoms with E-state index in [2.05, 4.69) is 19.2 Å². The molecule has 4 heteroatoms. The molecule has 0 radical (unpaired) electrons. The highest BCUT2D eigenvalue weighted by atomic mass is 16.2. The van der Waals surface area contributed by atoms with Crippen molar-refractivity contribution in [1.82, 2.24) is 10.2 Å². The van der Waals surface area contributed by atoms with Crippen LogP contribution in [0.25, 0.3) is 0 Å². The number of hydrogen-bond acceptors (Lipinski definition) is 2. The zero-order valence-corrected chi connectivity index (χ0v) is 13.2. The van der Waals surface area contributed by atoms with E-state index in [9.17, 15) is 9.59 Å². The van der Waals surface area contributed by atoms with Gasteiger partial charge in [-0.3, -0.25) is 9.59 Å². The van der Waals surface area contributed by atoms with Crippen molar-refractivity contribution in [2.24, 2.45) is 5.92 Å². The van der Waals surface area contributed by atoms with Gasteiger partial charge in [-0.2, -0.15) is 0 Å². The average molecular weight is 280 g/mol. The van der Waals surface area contributed by atoms with Crippen molar-refractivity contribution in [2.45, 2.75) is 83.8 Å². The van der Waals surface area contributed by atoms with Crippen molar-refractivity contribution < 1.29 is 9.59 Å². The van der Waals surface area contributed by atoms with Crippen LogP contribution in [0.5, 0.6) is 0 Å². The molecule has 114 valence electrons. The third-order valence-electron chi connectivity index (χ3n) is 5.06. The Morgan fingerprint density at radius 2 is 1.95 bits per heavy atom. The SMILES string of the molecule is CCCC1NC(=O)C(C(C)C)N(C2(CC)CCC2)C1=O. The monoisotopic (exact) mass is 280 g/mol. The van der Waals surface area contributed by atoms with Gasteiger partial charge in [-0.1, -0.05) is 34.1 Å². The van der Waals surface area contributed by atoms with Gasteiger partial charge in [-0.05, 0) is 38.0 Å². The molecule has 4 nitrogen and oxygen atoms in total. The van der Waals surface area contributed by atoms with Crippen LogP contribution < -0.4 is 5.32 Å². The molecule has 20 heavy (non-hydrogen) atoms. The van der Waals surface area contributed by atoms with Crippen LogP contribution >= 0.6 is 0 Å². The van der Waals surface area contributed by atoms with Gasteiger partial charge in [0.25, 0.3) is 0 Å². The quantitative estimate of drug-likeness (QED) is 0.841. The van der Waals surface area contributed by atoms with Crippen molar-refractivity contribution in [2.75, 3.05) is 0 Å². The maximum Gasteiger partial charge on any atom is 0.246 e. The number of nitrogens with one attached hydrogen (secondary N) is 1. The first-order valence-corrected chi connectivity index (χ1v) is 8.10. The van der Waals surface area contributed by atoms with Crippen molar-refractivity contribution in [3.8, 4) is 0 Å². The molecular formula is C16H28N2O2. The molecule has 1 heterocycles. The molecule has 1 aliphatic heterocycles. The molecule has 0 spiro atoms. The first-order chi connectivity index (χ1) is 9.46. The van der Waals surface area contributed by atoms with E-state index in [-0.39, 0.29) is 35.4 Å². The molecule has 0 bridgehead atoms. The predicted octanol–water partition coefficient (Wildman–Crippen LogP) is 2.47. The van der Waals surface area contributed by atoms with Gasteiger partial charge < -0.3 is 10.2 Å². The van der Waals surface area contributed by atoms with Gasteiger partial charge >= 0.3 is 0 Å². The fourth-order valence-electron chi connectivity index (χ4n) is 3.70. The van der Waals surface area contributed by atoms with E-state index in [1.807, 2.05) is 18.7 Å². The average Bonchev–Trinajstić information content (AvgIpc) is 2.33. The van der Waals surface area contributed by atoms with Gasteiger partial charge in [0.1, 0.15) is 12.1 Å². The highest BCUT2D eigenvalue weighted by molar-refractivity contribution is 5.97. The summed E-state index contributed by atoms with van der Waals surface area (Å²) in [4.78, 5) is 27.3. The smallest absolute Gasteiger partial charge is 0.246 e. The minimum Gasteiger partial charge on any atom is -0.342 e. The summed E-state index contributed by atoms with van der Waals surface area (Å²) in [7, 11) is 0. The Bertz CT molecular complexity index is 382. The van der Waals surface area contributed by atoms with Crippen LogP contribution in [0.1, 0.15) is 66.2 Å². The molecule has 2 rings (SSSR count). The molecule has 2 aliphatic rings. The number of piperazine rings is 1. The van der Waals surface area contributed by atoms with Crippen LogP contribution in [0.15, 0.2) is 0 Å². The van der Waals surface area contributed by atoms with E-state index >= 15 is 0 Å². The Morgan fingerprint density at radius 3 is 2.35 bits per heavy atom. The molecular weight excluding hydrogens is 252 g/mol. The third-order valence-corrected chi connectivity index (χ3v) is 5.06. The molecule has 0 aromatic heterocycles. The normalized spacial score (nSPS) is 29.4. The van der Waals surface area contributed by atoms with Gasteiger partial charge in [-0.15, -0.1) is 0 Å². The summed E-state index contributed by atoms with van der Waals surface area (Å²) in [5.74, 6) is 0.343. The highest BCUT2D eigenvalue weighted by Crippen LogP contribution is 2.44. The summed E-state index contributed by atoms with van der Waals surface area (Å²) >= 11 is 0. The van der Waals surface area contributed by atoms with Crippen molar-refractivity contribution in [3.05, 3.63) is 0 Å². The maximum absolute atomic E-state index is 12.9. The molecule has 1 N–H and O–H groups in total. The van der Waals surface area contributed by atoms with Crippen LogP contribution in [-0.4, -0.2) is 34.3 Å². The molecule has 2 atom stereocenters. The standard InChI is InChI=1S/C16H28N2O2/c1-5-8-12-15(20)18(16(6-2)9-7-10-16)13(11(3)4)14(19)17-12/h11-13H,5-10H2,1-4H3,(H,17,19). The molecule has 0 aromatic rings. The minimum atomic E-state index is -0.313. The third kappa shape index (κ3) is 2.33. The van der Waals surface area contributed by atoms with Crippen LogP contribution in [0.4, 0.5) is 0 Å². The molecule has 2 fully saturated rings. The summed E-state index contributed by atoms with van der Waals surface area (Å²) in [6, 6.07) is -0.609. The topological polar surface area (TPSA) is 49.4 Å². The van der Waals surface area contributed by atoms with Crippen LogP contribution in [0.2, 0.25) is 0 Å². The fourth-order valence-corrected chi connectivity index (χ4v) is 3.70. The number of hydrogen-bond donors (Lipinski definition) is 1. The summed E-state index contributed by atoms with van der Waals surface area (Å²) < 4.78 is 0. The lowest BCUT2D eigenvalue weighted by atomic mass is 9.71. The second-order valence-electron chi connectivity index (χ2n) is 6.68. The van der Waals surface area contributed by atoms with E-state index in [4.69, 9.17) is 0 Å². The van der Waals surface area contributed by atoms with Gasteiger partial charge in [0.15, 0.2) is 0 Å². The lowest BCUT2D eigenvalue weighted by molar-refractivity contribution is -0.165. The maximum atomic E-state index is 12.9. The lowest BCUT2D eigenvalue weighted by Crippen LogP contribution is -2.72. The number of amides is 2. The van der Waals surface area contributed by atoms with Gasteiger partial charge in [0.2, 0.25) is 11.8 Å². The fraction of sp³-hybridized carbons (Fsp3) is 0.875. The molecule has 2 unspecified atom stereocenters. The van der Waals surface area contributed by atoms with E-state index in [0.29, 0.717) is 0 Å². The summed E-state index contributed by atoms with van der Waals surface area (Å²) in [5.41, 5.74) is -0.0598. The van der Waals surface area contributed by atoms with E-state index in [0.717, 1.165) is 32.1 Å². The van der Waals surface area contributed by atoms with Crippen molar-refractivity contribution in [3.63, 3.8) is 0 Å². The van der Waals surface area contributed by atoms with E-state index < -0.39 is 0 Å². The van der Waals surface area contributed by atoms with Crippen LogP contribution in [0.3, 0.4) is 0 Å². The molecule has 1 saturated carbocycles. The first kappa shape index (κ1) is 15.3. The predicted molar refractivity (Wildman–Crippen MR) is 79.2 cm³/mol. The summed E-state index contributed by atoms with van der Waals surface area (Å²) in [6.07, 6.45) is 5.87. The Hall–Kier alpha value is -1.06. The lowest BCUT2D eigenvalue weighted by Gasteiger charge is -2.56. The zero-order valence-electron chi connectivity index (χ0n) is 13.2. The second kappa shape index (κ2) is 5.74. The molecule has 2 amide bonds. The Kier molecular flexibility index (Phi) is 4.40. The number of rotatable bonds is 5. The molecule has 1 aliphatic carbocycles. The Balaban J connectivity index is 2.34. The van der Waals surface area contributed by atoms with Gasteiger partial charge in [0, 0.05) is 5.54 Å². The Morgan fingerprint density at radius 1 is 1.30 bits per heavy atom. The molecule has 0 aromatic carbocycles. The minimum absolute atomic E-state index is 0.0396. The summed E-state index contributed by atoms with van der Waals surface area (Å²) in [5, 5.41) is 2.94. The van der Waals surface area contributed by atoms with E-state index in [1.165, 1.54) is 6.42 Å². The number of carbonyl (C=O) groups is 2. The number of nitrogens with zero attached hydrogens (tertiary/aromatic N) is 1. The molecule has 1 saturated heterocycles. The van der Waals surface area contributed by atoms with Crippen molar-refractivity contribution >= 4 is 11.8 Å². The van der Waals surface area contributed by atoms with Crippen molar-refractivity contribution in [1.29, 1.82) is 0 Å². The van der Waals surface area contributed by atoms with E-state index in [1.54, 1.807) is 0 Å². The second-order valence-corrected chi connectivity index (χ2v) is 6.68. The summed E-state index contributed by atoms with van der Waals surface area (Å²) in [6.45, 7) is 8.27. The largest absolute Gasteiger partial charge is 0.342 e. The first-order valence-electron chi connectivity index (χ1n) is 8.10. The highest BCUT2D eigenvalue weighted by Gasteiger charge is 2.52. The van der Waals surface area contributed by atoms with Gasteiger partial charge in [0.05, 0.1) is 0 Å². The number of carbonyl (C=O) groups excluding carboxylic acids is 2. The van der Waals surface area contributed by atoms with Crippen LogP contribution in [0, 0.1) is 5.92 Å². The Labute approximate surface area is 122 Å². The van der Waals surface area contributed by atoms with Gasteiger partial charge in [-0.25, -0.2) is 0 Å². The van der Waals surface area contributed by atoms with Crippen LogP contribution in [-0.2, 0) is 9.59 Å². The zero-order chi connectivity index (χ0) is 14.9.